The Hall–Kier alpha value is -0.810. The smallest absolute Gasteiger partial charge is 0.271 e. The van der Waals surface area contributed by atoms with Crippen LogP contribution in [0.4, 0.5) is 8.78 Å². The molecule has 0 fully saturated rings. The SMILES string of the molecule is N#Cc1nc(C(=O)Cl)c(C(F)F)cc1I. The highest BCUT2D eigenvalue weighted by Crippen LogP contribution is 2.25. The van der Waals surface area contributed by atoms with E-state index in [1.807, 2.05) is 0 Å². The zero-order valence-corrected chi connectivity index (χ0v) is 9.88. The van der Waals surface area contributed by atoms with E-state index in [1.54, 1.807) is 28.7 Å². The van der Waals surface area contributed by atoms with Gasteiger partial charge in [0.25, 0.3) is 11.7 Å². The zero-order valence-electron chi connectivity index (χ0n) is 6.97. The molecule has 1 rings (SSSR count). The molecule has 0 amide bonds. The Balaban J connectivity index is 3.47. The third kappa shape index (κ3) is 2.60. The van der Waals surface area contributed by atoms with Gasteiger partial charge in [-0.2, -0.15) is 5.26 Å². The lowest BCUT2D eigenvalue weighted by molar-refractivity contribution is 0.106. The molecule has 3 nitrogen and oxygen atoms in total. The molecule has 0 aliphatic carbocycles. The fraction of sp³-hybridized carbons (Fsp3) is 0.125. The average molecular weight is 342 g/mol. The van der Waals surface area contributed by atoms with Crippen LogP contribution in [0.5, 0.6) is 0 Å². The van der Waals surface area contributed by atoms with E-state index in [-0.39, 0.29) is 9.26 Å². The number of nitrogens with zero attached hydrogens (tertiary/aromatic N) is 2. The van der Waals surface area contributed by atoms with Crippen molar-refractivity contribution in [1.82, 2.24) is 4.98 Å². The fourth-order valence-electron chi connectivity index (χ4n) is 0.905. The summed E-state index contributed by atoms with van der Waals surface area (Å²) < 4.78 is 25.2. The van der Waals surface area contributed by atoms with Gasteiger partial charge in [0.05, 0.1) is 3.57 Å². The van der Waals surface area contributed by atoms with Crippen LogP contribution >= 0.6 is 34.2 Å². The predicted molar refractivity (Wildman–Crippen MR) is 56.8 cm³/mol. The Kier molecular flexibility index (Phi) is 3.93. The van der Waals surface area contributed by atoms with E-state index in [2.05, 4.69) is 4.98 Å². The van der Waals surface area contributed by atoms with Crippen molar-refractivity contribution in [2.75, 3.05) is 0 Å². The second kappa shape index (κ2) is 4.81. The Morgan fingerprint density at radius 1 is 1.67 bits per heavy atom. The lowest BCUT2D eigenvalue weighted by atomic mass is 10.2. The van der Waals surface area contributed by atoms with E-state index in [0.29, 0.717) is 0 Å². The first-order valence-corrected chi connectivity index (χ1v) is 5.01. The van der Waals surface area contributed by atoms with Gasteiger partial charge < -0.3 is 0 Å². The van der Waals surface area contributed by atoms with Crippen LogP contribution in [0.25, 0.3) is 0 Å². The summed E-state index contributed by atoms with van der Waals surface area (Å²) in [4.78, 5) is 14.3. The lowest BCUT2D eigenvalue weighted by Crippen LogP contribution is -2.05. The molecule has 0 aliphatic rings. The van der Waals surface area contributed by atoms with Crippen molar-refractivity contribution in [2.24, 2.45) is 0 Å². The van der Waals surface area contributed by atoms with Crippen molar-refractivity contribution in [1.29, 1.82) is 5.26 Å². The van der Waals surface area contributed by atoms with Gasteiger partial charge in [0.15, 0.2) is 5.69 Å². The van der Waals surface area contributed by atoms with Gasteiger partial charge in [-0.3, -0.25) is 4.79 Å². The lowest BCUT2D eigenvalue weighted by Gasteiger charge is -2.05. The van der Waals surface area contributed by atoms with E-state index in [1.165, 1.54) is 0 Å². The maximum absolute atomic E-state index is 12.5. The molecule has 0 unspecified atom stereocenters. The van der Waals surface area contributed by atoms with Gasteiger partial charge >= 0.3 is 0 Å². The van der Waals surface area contributed by atoms with Crippen molar-refractivity contribution >= 4 is 39.4 Å². The molecule has 0 aromatic carbocycles. The maximum atomic E-state index is 12.5. The molecule has 0 aliphatic heterocycles. The quantitative estimate of drug-likeness (QED) is 0.613. The van der Waals surface area contributed by atoms with E-state index in [0.717, 1.165) is 6.07 Å². The van der Waals surface area contributed by atoms with Crippen molar-refractivity contribution in [3.05, 3.63) is 26.6 Å². The molecular weight excluding hydrogens is 340 g/mol. The number of rotatable bonds is 2. The number of carbonyl (C=O) groups excluding carboxylic acids is 1. The van der Waals surface area contributed by atoms with Crippen LogP contribution in [0, 0.1) is 14.9 Å². The first kappa shape index (κ1) is 12.3. The standard InChI is InChI=1S/C8H2ClF2IN2O/c9-7(15)6-3(8(10)11)1-4(12)5(2-13)14-6/h1,8H. The number of hydrogen-bond acceptors (Lipinski definition) is 3. The number of carbonyl (C=O) groups is 1. The highest BCUT2D eigenvalue weighted by atomic mass is 127. The Bertz CT molecular complexity index is 459. The minimum Gasteiger partial charge on any atom is -0.274 e. The van der Waals surface area contributed by atoms with Crippen molar-refractivity contribution in [3.8, 4) is 6.07 Å². The molecule has 1 aromatic rings. The molecule has 7 heteroatoms. The number of pyridine rings is 1. The minimum atomic E-state index is -2.85. The highest BCUT2D eigenvalue weighted by molar-refractivity contribution is 14.1. The molecular formula is C8H2ClF2IN2O. The van der Waals surface area contributed by atoms with Crippen LogP contribution in [0.3, 0.4) is 0 Å². The second-order valence-corrected chi connectivity index (χ2v) is 3.95. The largest absolute Gasteiger partial charge is 0.274 e. The number of nitriles is 1. The molecule has 0 radical (unpaired) electrons. The van der Waals surface area contributed by atoms with Crippen LogP contribution in [-0.4, -0.2) is 10.2 Å². The summed E-state index contributed by atoms with van der Waals surface area (Å²) in [7, 11) is 0. The van der Waals surface area contributed by atoms with Crippen LogP contribution in [0.2, 0.25) is 0 Å². The normalized spacial score (nSPS) is 10.1. The molecule has 0 bridgehead atoms. The molecule has 0 saturated heterocycles. The Labute approximate surface area is 102 Å². The van der Waals surface area contributed by atoms with E-state index < -0.39 is 22.9 Å². The first-order chi connectivity index (χ1) is 6.97. The summed E-state index contributed by atoms with van der Waals surface area (Å²) in [5, 5.41) is 7.50. The third-order valence-electron chi connectivity index (χ3n) is 1.53. The van der Waals surface area contributed by atoms with Gasteiger partial charge in [-0.05, 0) is 40.3 Å². The van der Waals surface area contributed by atoms with Gasteiger partial charge in [-0.25, -0.2) is 13.8 Å². The summed E-state index contributed by atoms with van der Waals surface area (Å²) >= 11 is 6.77. The van der Waals surface area contributed by atoms with Crippen LogP contribution in [0.1, 0.15) is 28.2 Å². The highest BCUT2D eigenvalue weighted by Gasteiger charge is 2.21. The molecule has 15 heavy (non-hydrogen) atoms. The van der Waals surface area contributed by atoms with E-state index in [9.17, 15) is 13.6 Å². The van der Waals surface area contributed by atoms with Crippen LogP contribution in [-0.2, 0) is 0 Å². The fourth-order valence-corrected chi connectivity index (χ4v) is 1.63. The van der Waals surface area contributed by atoms with E-state index >= 15 is 0 Å². The van der Waals surface area contributed by atoms with Gasteiger partial charge in [-0.15, -0.1) is 0 Å². The van der Waals surface area contributed by atoms with Gasteiger partial charge in [0.2, 0.25) is 0 Å². The Morgan fingerprint density at radius 2 is 2.27 bits per heavy atom. The molecule has 78 valence electrons. The van der Waals surface area contributed by atoms with Crippen molar-refractivity contribution < 1.29 is 13.6 Å². The second-order valence-electron chi connectivity index (χ2n) is 2.44. The zero-order chi connectivity index (χ0) is 11.6. The summed E-state index contributed by atoms with van der Waals surface area (Å²) in [5.41, 5.74) is -1.22. The molecule has 0 N–H and O–H groups in total. The summed E-state index contributed by atoms with van der Waals surface area (Å²) in [5.74, 6) is 0. The molecule has 0 spiro atoms. The summed E-state index contributed by atoms with van der Waals surface area (Å²) in [6, 6.07) is 2.72. The predicted octanol–water partition coefficient (Wildman–Crippen LogP) is 2.87. The van der Waals surface area contributed by atoms with Gasteiger partial charge in [0, 0.05) is 5.56 Å². The molecule has 0 atom stereocenters. The first-order valence-electron chi connectivity index (χ1n) is 3.56. The number of alkyl halides is 2. The molecule has 1 aromatic heterocycles. The number of halogens is 4. The topological polar surface area (TPSA) is 53.8 Å². The average Bonchev–Trinajstić information content (AvgIpc) is 2.16. The molecule has 1 heterocycles. The maximum Gasteiger partial charge on any atom is 0.271 e. The third-order valence-corrected chi connectivity index (χ3v) is 2.53. The van der Waals surface area contributed by atoms with Gasteiger partial charge in [-0.1, -0.05) is 0 Å². The van der Waals surface area contributed by atoms with Gasteiger partial charge in [0.1, 0.15) is 11.8 Å². The monoisotopic (exact) mass is 342 g/mol. The summed E-state index contributed by atoms with van der Waals surface area (Å²) in [6.07, 6.45) is -2.85. The number of aromatic nitrogens is 1. The van der Waals surface area contributed by atoms with Crippen LogP contribution in [0.15, 0.2) is 6.07 Å². The van der Waals surface area contributed by atoms with Crippen LogP contribution < -0.4 is 0 Å². The van der Waals surface area contributed by atoms with Crippen molar-refractivity contribution in [2.45, 2.75) is 6.43 Å². The Morgan fingerprint density at radius 3 is 2.67 bits per heavy atom. The molecule has 0 saturated carbocycles. The van der Waals surface area contributed by atoms with E-state index in [4.69, 9.17) is 16.9 Å². The minimum absolute atomic E-state index is 0.0935. The number of hydrogen-bond donors (Lipinski definition) is 0. The van der Waals surface area contributed by atoms with Crippen molar-refractivity contribution in [3.63, 3.8) is 0 Å². The summed E-state index contributed by atoms with van der Waals surface area (Å²) in [6.45, 7) is 0.